The molecule has 0 aliphatic carbocycles. The van der Waals surface area contributed by atoms with E-state index in [2.05, 4.69) is 15.4 Å². The van der Waals surface area contributed by atoms with Crippen LogP contribution in [0.4, 0.5) is 20.4 Å². The molecule has 3 heterocycles. The highest BCUT2D eigenvalue weighted by atomic mass is 19.3. The SMILES string of the molecule is CN(C)C(=O)c1ccc(-c2cccn3nc(Nc4ccc(C(=O)N5CCC(F)(F)CC5)cc4)nc23)cc1. The van der Waals surface area contributed by atoms with Crippen LogP contribution < -0.4 is 5.32 Å². The van der Waals surface area contributed by atoms with E-state index in [-0.39, 0.29) is 37.7 Å². The number of alkyl halides is 2. The maximum absolute atomic E-state index is 13.4. The molecule has 0 spiro atoms. The fourth-order valence-electron chi connectivity index (χ4n) is 4.28. The van der Waals surface area contributed by atoms with Crippen molar-refractivity contribution in [3.05, 3.63) is 78.0 Å². The first kappa shape index (κ1) is 24.4. The van der Waals surface area contributed by atoms with E-state index < -0.39 is 5.92 Å². The van der Waals surface area contributed by atoms with Crippen LogP contribution in [-0.2, 0) is 0 Å². The fraction of sp³-hybridized carbons (Fsp3) is 0.259. The summed E-state index contributed by atoms with van der Waals surface area (Å²) in [7, 11) is 3.43. The Morgan fingerprint density at radius 3 is 2.24 bits per heavy atom. The van der Waals surface area contributed by atoms with E-state index in [9.17, 15) is 18.4 Å². The number of hydrogen-bond donors (Lipinski definition) is 1. The number of likely N-dealkylation sites (tertiary alicyclic amines) is 1. The minimum atomic E-state index is -2.69. The number of benzene rings is 2. The molecule has 1 saturated heterocycles. The number of halogens is 2. The zero-order chi connectivity index (χ0) is 26.2. The number of pyridine rings is 1. The highest BCUT2D eigenvalue weighted by Gasteiger charge is 2.35. The summed E-state index contributed by atoms with van der Waals surface area (Å²) in [6.07, 6.45) is 1.18. The Morgan fingerprint density at radius 2 is 1.59 bits per heavy atom. The van der Waals surface area contributed by atoms with Gasteiger partial charge in [-0.1, -0.05) is 12.1 Å². The lowest BCUT2D eigenvalue weighted by atomic mass is 10.0. The summed E-state index contributed by atoms with van der Waals surface area (Å²) in [6, 6.07) is 17.9. The molecule has 0 radical (unpaired) electrons. The number of piperidine rings is 1. The number of nitrogens with zero attached hydrogens (tertiary/aromatic N) is 5. The zero-order valence-electron chi connectivity index (χ0n) is 20.5. The van der Waals surface area contributed by atoms with Crippen molar-refractivity contribution in [3.8, 4) is 11.1 Å². The highest BCUT2D eigenvalue weighted by Crippen LogP contribution is 2.29. The van der Waals surface area contributed by atoms with Gasteiger partial charge in [0.2, 0.25) is 5.95 Å². The third-order valence-electron chi connectivity index (χ3n) is 6.38. The minimum absolute atomic E-state index is 0.0496. The van der Waals surface area contributed by atoms with Gasteiger partial charge in [0.15, 0.2) is 5.65 Å². The predicted octanol–water partition coefficient (Wildman–Crippen LogP) is 4.71. The molecule has 37 heavy (non-hydrogen) atoms. The number of nitrogens with one attached hydrogen (secondary N) is 1. The fourth-order valence-corrected chi connectivity index (χ4v) is 4.28. The molecule has 1 aliphatic heterocycles. The summed E-state index contributed by atoms with van der Waals surface area (Å²) in [5.41, 5.74) is 4.14. The van der Waals surface area contributed by atoms with Crippen LogP contribution in [0.25, 0.3) is 16.8 Å². The molecule has 1 N–H and O–H groups in total. The number of anilines is 2. The summed E-state index contributed by atoms with van der Waals surface area (Å²) >= 11 is 0. The van der Waals surface area contributed by atoms with Crippen molar-refractivity contribution in [1.82, 2.24) is 24.4 Å². The molecule has 0 atom stereocenters. The van der Waals surface area contributed by atoms with Gasteiger partial charge in [0, 0.05) is 68.6 Å². The number of fused-ring (bicyclic) bond motifs is 1. The smallest absolute Gasteiger partial charge is 0.253 e. The molecule has 0 saturated carbocycles. The van der Waals surface area contributed by atoms with Crippen molar-refractivity contribution in [3.63, 3.8) is 0 Å². The normalized spacial score (nSPS) is 15.0. The average molecular weight is 505 g/mol. The molecule has 1 fully saturated rings. The first-order valence-corrected chi connectivity index (χ1v) is 11.9. The second-order valence-corrected chi connectivity index (χ2v) is 9.25. The van der Waals surface area contributed by atoms with E-state index in [1.165, 1.54) is 9.80 Å². The summed E-state index contributed by atoms with van der Waals surface area (Å²) in [6.45, 7) is 0.0993. The molecule has 5 rings (SSSR count). The highest BCUT2D eigenvalue weighted by molar-refractivity contribution is 5.95. The van der Waals surface area contributed by atoms with Crippen molar-refractivity contribution in [2.24, 2.45) is 0 Å². The Morgan fingerprint density at radius 1 is 0.946 bits per heavy atom. The molecule has 190 valence electrons. The average Bonchev–Trinajstić information content (AvgIpc) is 3.31. The first-order chi connectivity index (χ1) is 17.7. The molecule has 1 aliphatic rings. The quantitative estimate of drug-likeness (QED) is 0.426. The minimum Gasteiger partial charge on any atom is -0.345 e. The third-order valence-corrected chi connectivity index (χ3v) is 6.38. The van der Waals surface area contributed by atoms with Crippen LogP contribution in [0, 0.1) is 0 Å². The molecule has 0 unspecified atom stereocenters. The van der Waals surface area contributed by atoms with Gasteiger partial charge in [-0.15, -0.1) is 5.10 Å². The molecule has 2 aromatic carbocycles. The van der Waals surface area contributed by atoms with Gasteiger partial charge in [-0.05, 0) is 54.1 Å². The summed E-state index contributed by atoms with van der Waals surface area (Å²) < 4.78 is 28.5. The lowest BCUT2D eigenvalue weighted by molar-refractivity contribution is -0.0494. The number of hydrogen-bond acceptors (Lipinski definition) is 5. The van der Waals surface area contributed by atoms with Crippen molar-refractivity contribution < 1.29 is 18.4 Å². The van der Waals surface area contributed by atoms with Gasteiger partial charge in [-0.2, -0.15) is 4.98 Å². The van der Waals surface area contributed by atoms with Crippen LogP contribution in [0.2, 0.25) is 0 Å². The van der Waals surface area contributed by atoms with Gasteiger partial charge in [-0.25, -0.2) is 13.3 Å². The summed E-state index contributed by atoms with van der Waals surface area (Å²) in [5, 5.41) is 7.64. The maximum atomic E-state index is 13.4. The van der Waals surface area contributed by atoms with Gasteiger partial charge in [0.05, 0.1) is 0 Å². The number of carbonyl (C=O) groups excluding carboxylic acids is 2. The van der Waals surface area contributed by atoms with E-state index in [4.69, 9.17) is 0 Å². The molecule has 4 aromatic rings. The topological polar surface area (TPSA) is 82.8 Å². The van der Waals surface area contributed by atoms with Crippen molar-refractivity contribution in [2.75, 3.05) is 32.5 Å². The van der Waals surface area contributed by atoms with Crippen LogP contribution in [-0.4, -0.2) is 69.3 Å². The maximum Gasteiger partial charge on any atom is 0.253 e. The predicted molar refractivity (Wildman–Crippen MR) is 136 cm³/mol. The Bertz CT molecular complexity index is 1440. The molecule has 0 bridgehead atoms. The number of carbonyl (C=O) groups is 2. The van der Waals surface area contributed by atoms with E-state index in [0.717, 1.165) is 11.1 Å². The molecule has 2 aromatic heterocycles. The second-order valence-electron chi connectivity index (χ2n) is 9.25. The zero-order valence-corrected chi connectivity index (χ0v) is 20.5. The van der Waals surface area contributed by atoms with E-state index in [1.807, 2.05) is 24.3 Å². The molecule has 10 heteroatoms. The number of aromatic nitrogens is 3. The van der Waals surface area contributed by atoms with E-state index in [1.54, 1.807) is 61.2 Å². The van der Waals surface area contributed by atoms with Crippen molar-refractivity contribution >= 4 is 29.1 Å². The largest absolute Gasteiger partial charge is 0.345 e. The van der Waals surface area contributed by atoms with Crippen LogP contribution in [0.3, 0.4) is 0 Å². The Labute approximate surface area is 212 Å². The van der Waals surface area contributed by atoms with Crippen LogP contribution in [0.15, 0.2) is 66.9 Å². The molecule has 8 nitrogen and oxygen atoms in total. The van der Waals surface area contributed by atoms with Gasteiger partial charge in [-0.3, -0.25) is 9.59 Å². The summed E-state index contributed by atoms with van der Waals surface area (Å²) in [4.78, 5) is 32.5. The lowest BCUT2D eigenvalue weighted by Crippen LogP contribution is -2.42. The second kappa shape index (κ2) is 9.61. The summed E-state index contributed by atoms with van der Waals surface area (Å²) in [5.74, 6) is -2.64. The molecule has 2 amide bonds. The van der Waals surface area contributed by atoms with E-state index in [0.29, 0.717) is 28.4 Å². The molecular formula is C27H26F2N6O2. The number of rotatable bonds is 5. The van der Waals surface area contributed by atoms with Gasteiger partial charge in [0.25, 0.3) is 17.7 Å². The van der Waals surface area contributed by atoms with Gasteiger partial charge in [0.1, 0.15) is 0 Å². The Balaban J connectivity index is 1.31. The van der Waals surface area contributed by atoms with Gasteiger partial charge >= 0.3 is 0 Å². The van der Waals surface area contributed by atoms with Crippen LogP contribution >= 0.6 is 0 Å². The Kier molecular flexibility index (Phi) is 6.32. The van der Waals surface area contributed by atoms with Gasteiger partial charge < -0.3 is 15.1 Å². The van der Waals surface area contributed by atoms with Crippen molar-refractivity contribution in [1.29, 1.82) is 0 Å². The third kappa shape index (κ3) is 5.13. The van der Waals surface area contributed by atoms with Crippen molar-refractivity contribution in [2.45, 2.75) is 18.8 Å². The Hall–Kier alpha value is -4.34. The van der Waals surface area contributed by atoms with Crippen LogP contribution in [0.1, 0.15) is 33.6 Å². The standard InChI is InChI=1S/C27H26F2N6O2/c1-33(2)24(36)19-7-5-18(6-8-19)22-4-3-15-35-23(22)31-26(32-35)30-21-11-9-20(10-12-21)25(37)34-16-13-27(28,29)14-17-34/h3-12,15H,13-14,16-17H2,1-2H3,(H,30,32). The molecular weight excluding hydrogens is 478 g/mol. The lowest BCUT2D eigenvalue weighted by Gasteiger charge is -2.31. The van der Waals surface area contributed by atoms with E-state index >= 15 is 0 Å². The monoisotopic (exact) mass is 504 g/mol. The number of amides is 2. The van der Waals surface area contributed by atoms with Crippen LogP contribution in [0.5, 0.6) is 0 Å². The first-order valence-electron chi connectivity index (χ1n) is 11.9.